The highest BCUT2D eigenvalue weighted by atomic mass is 35.5. The van der Waals surface area contributed by atoms with Crippen molar-refractivity contribution in [1.29, 1.82) is 0 Å². The Bertz CT molecular complexity index is 549. The zero-order chi connectivity index (χ0) is 14.5. The summed E-state index contributed by atoms with van der Waals surface area (Å²) in [5, 5.41) is 15.0. The highest BCUT2D eigenvalue weighted by Crippen LogP contribution is 2.23. The number of nitrogens with one attached hydrogen (secondary N) is 2. The normalized spacial score (nSPS) is 14.4. The molecule has 0 bridgehead atoms. The van der Waals surface area contributed by atoms with E-state index in [9.17, 15) is 9.59 Å². The number of rotatable bonds is 5. The first-order chi connectivity index (χ1) is 9.56. The number of hydrogen-bond donors (Lipinski definition) is 3. The number of anilines is 1. The molecule has 0 radical (unpaired) electrons. The van der Waals surface area contributed by atoms with Crippen LogP contribution in [0.25, 0.3) is 0 Å². The van der Waals surface area contributed by atoms with Gasteiger partial charge in [0.2, 0.25) is 5.91 Å². The van der Waals surface area contributed by atoms with E-state index < -0.39 is 5.97 Å². The van der Waals surface area contributed by atoms with Crippen LogP contribution < -0.4 is 10.6 Å². The van der Waals surface area contributed by atoms with E-state index in [2.05, 4.69) is 22.8 Å². The zero-order valence-electron chi connectivity index (χ0n) is 10.7. The summed E-state index contributed by atoms with van der Waals surface area (Å²) in [6.07, 6.45) is 5.98. The van der Waals surface area contributed by atoms with Crippen LogP contribution in [0, 0.1) is 0 Å². The van der Waals surface area contributed by atoms with Crippen LogP contribution in [0.1, 0.15) is 23.2 Å². The lowest BCUT2D eigenvalue weighted by Crippen LogP contribution is -2.34. The highest BCUT2D eigenvalue weighted by molar-refractivity contribution is 6.33. The molecule has 1 aromatic carbocycles. The molecule has 20 heavy (non-hydrogen) atoms. The summed E-state index contributed by atoms with van der Waals surface area (Å²) in [6.45, 7) is 0.167. The molecular formula is C14H15ClN2O3. The summed E-state index contributed by atoms with van der Waals surface area (Å²) < 4.78 is 0. The lowest BCUT2D eigenvalue weighted by atomic mass is 10.2. The molecular weight excluding hydrogens is 280 g/mol. The molecule has 106 valence electrons. The SMILES string of the molecule is O=C(CNC1CC=CC1)Nc1cc(C(=O)O)ccc1Cl. The van der Waals surface area contributed by atoms with Gasteiger partial charge >= 0.3 is 5.97 Å². The molecule has 0 atom stereocenters. The average molecular weight is 295 g/mol. The van der Waals surface area contributed by atoms with Crippen molar-refractivity contribution in [2.75, 3.05) is 11.9 Å². The third-order valence-corrected chi connectivity index (χ3v) is 3.38. The van der Waals surface area contributed by atoms with Gasteiger partial charge in [-0.05, 0) is 31.0 Å². The fraction of sp³-hybridized carbons (Fsp3) is 0.286. The van der Waals surface area contributed by atoms with Crippen molar-refractivity contribution in [3.63, 3.8) is 0 Å². The van der Waals surface area contributed by atoms with E-state index in [4.69, 9.17) is 16.7 Å². The third-order valence-electron chi connectivity index (χ3n) is 3.05. The largest absolute Gasteiger partial charge is 0.478 e. The summed E-state index contributed by atoms with van der Waals surface area (Å²) in [4.78, 5) is 22.7. The van der Waals surface area contributed by atoms with Gasteiger partial charge in [0, 0.05) is 6.04 Å². The average Bonchev–Trinajstić information content (AvgIpc) is 2.92. The predicted octanol–water partition coefficient (Wildman–Crippen LogP) is 2.28. The van der Waals surface area contributed by atoms with E-state index in [0.29, 0.717) is 16.8 Å². The fourth-order valence-corrected chi connectivity index (χ4v) is 2.13. The van der Waals surface area contributed by atoms with Crippen molar-refractivity contribution in [1.82, 2.24) is 5.32 Å². The number of carboxylic acids is 1. The summed E-state index contributed by atoms with van der Waals surface area (Å²) >= 11 is 5.93. The minimum absolute atomic E-state index is 0.0812. The number of benzene rings is 1. The van der Waals surface area contributed by atoms with Crippen LogP contribution in [0.2, 0.25) is 5.02 Å². The Hall–Kier alpha value is -1.85. The van der Waals surface area contributed by atoms with E-state index in [-0.39, 0.29) is 18.0 Å². The molecule has 0 aromatic heterocycles. The minimum atomic E-state index is -1.06. The first-order valence-electron chi connectivity index (χ1n) is 6.27. The van der Waals surface area contributed by atoms with Gasteiger partial charge in [0.05, 0.1) is 22.8 Å². The Kier molecular flexibility index (Phi) is 4.76. The summed E-state index contributed by atoms with van der Waals surface area (Å²) in [5.74, 6) is -1.31. The van der Waals surface area contributed by atoms with Crippen LogP contribution in [-0.2, 0) is 4.79 Å². The third kappa shape index (κ3) is 3.82. The van der Waals surface area contributed by atoms with E-state index in [1.54, 1.807) is 0 Å². The maximum absolute atomic E-state index is 11.8. The van der Waals surface area contributed by atoms with Gasteiger partial charge in [0.25, 0.3) is 0 Å². The lowest BCUT2D eigenvalue weighted by Gasteiger charge is -2.12. The maximum Gasteiger partial charge on any atom is 0.335 e. The van der Waals surface area contributed by atoms with Crippen LogP contribution in [0.15, 0.2) is 30.4 Å². The van der Waals surface area contributed by atoms with Gasteiger partial charge in [-0.2, -0.15) is 0 Å². The Morgan fingerprint density at radius 3 is 2.65 bits per heavy atom. The predicted molar refractivity (Wildman–Crippen MR) is 77.2 cm³/mol. The number of hydrogen-bond acceptors (Lipinski definition) is 3. The van der Waals surface area contributed by atoms with E-state index in [1.807, 2.05) is 0 Å². The number of amides is 1. The molecule has 1 amide bonds. The van der Waals surface area contributed by atoms with Gasteiger partial charge in [-0.15, -0.1) is 0 Å². The maximum atomic E-state index is 11.8. The quantitative estimate of drug-likeness (QED) is 0.728. The molecule has 6 heteroatoms. The van der Waals surface area contributed by atoms with Crippen LogP contribution in [0.4, 0.5) is 5.69 Å². The first kappa shape index (κ1) is 14.6. The number of carbonyl (C=O) groups excluding carboxylic acids is 1. The van der Waals surface area contributed by atoms with E-state index >= 15 is 0 Å². The van der Waals surface area contributed by atoms with Gasteiger partial charge in [-0.1, -0.05) is 23.8 Å². The van der Waals surface area contributed by atoms with Gasteiger partial charge in [-0.3, -0.25) is 4.79 Å². The number of carbonyl (C=O) groups is 2. The molecule has 0 saturated carbocycles. The van der Waals surface area contributed by atoms with Crippen molar-refractivity contribution >= 4 is 29.2 Å². The summed E-state index contributed by atoms with van der Waals surface area (Å²) in [7, 11) is 0. The lowest BCUT2D eigenvalue weighted by molar-refractivity contribution is -0.115. The number of aromatic carboxylic acids is 1. The minimum Gasteiger partial charge on any atom is -0.478 e. The van der Waals surface area contributed by atoms with Crippen LogP contribution >= 0.6 is 11.6 Å². The van der Waals surface area contributed by atoms with Crippen molar-refractivity contribution in [3.8, 4) is 0 Å². The zero-order valence-corrected chi connectivity index (χ0v) is 11.5. The molecule has 1 aromatic rings. The molecule has 5 nitrogen and oxygen atoms in total. The van der Waals surface area contributed by atoms with Crippen molar-refractivity contribution in [2.24, 2.45) is 0 Å². The topological polar surface area (TPSA) is 78.4 Å². The second-order valence-electron chi connectivity index (χ2n) is 4.57. The second-order valence-corrected chi connectivity index (χ2v) is 4.98. The van der Waals surface area contributed by atoms with Gasteiger partial charge in [0.15, 0.2) is 0 Å². The van der Waals surface area contributed by atoms with Gasteiger partial charge in [-0.25, -0.2) is 4.79 Å². The Morgan fingerprint density at radius 2 is 2.00 bits per heavy atom. The molecule has 0 spiro atoms. The van der Waals surface area contributed by atoms with Gasteiger partial charge < -0.3 is 15.7 Å². The molecule has 0 saturated heterocycles. The molecule has 1 aliphatic rings. The Morgan fingerprint density at radius 1 is 1.30 bits per heavy atom. The standard InChI is InChI=1S/C14H15ClN2O3/c15-11-6-5-9(14(19)20)7-12(11)17-13(18)8-16-10-3-1-2-4-10/h1-2,5-7,10,16H,3-4,8H2,(H,17,18)(H,19,20). The number of carboxylic acid groups (broad SMARTS) is 1. The first-order valence-corrected chi connectivity index (χ1v) is 6.65. The van der Waals surface area contributed by atoms with Crippen molar-refractivity contribution in [3.05, 3.63) is 40.9 Å². The summed E-state index contributed by atoms with van der Waals surface area (Å²) in [6, 6.07) is 4.48. The van der Waals surface area contributed by atoms with E-state index in [1.165, 1.54) is 18.2 Å². The van der Waals surface area contributed by atoms with Crippen molar-refractivity contribution < 1.29 is 14.7 Å². The Balaban J connectivity index is 1.92. The molecule has 2 rings (SSSR count). The molecule has 0 heterocycles. The van der Waals surface area contributed by atoms with Crippen molar-refractivity contribution in [2.45, 2.75) is 18.9 Å². The van der Waals surface area contributed by atoms with Crippen LogP contribution in [0.3, 0.4) is 0 Å². The monoisotopic (exact) mass is 294 g/mol. The molecule has 0 unspecified atom stereocenters. The van der Waals surface area contributed by atoms with Crippen LogP contribution in [-0.4, -0.2) is 29.6 Å². The summed E-state index contributed by atoms with van der Waals surface area (Å²) in [5.41, 5.74) is 0.389. The number of halogens is 1. The highest BCUT2D eigenvalue weighted by Gasteiger charge is 2.13. The molecule has 3 N–H and O–H groups in total. The molecule has 1 aliphatic carbocycles. The fourth-order valence-electron chi connectivity index (χ4n) is 1.97. The van der Waals surface area contributed by atoms with Crippen LogP contribution in [0.5, 0.6) is 0 Å². The Labute approximate surface area is 121 Å². The van der Waals surface area contributed by atoms with E-state index in [0.717, 1.165) is 12.8 Å². The molecule has 0 fully saturated rings. The van der Waals surface area contributed by atoms with Gasteiger partial charge in [0.1, 0.15) is 0 Å². The smallest absolute Gasteiger partial charge is 0.335 e. The molecule has 0 aliphatic heterocycles. The second kappa shape index (κ2) is 6.54.